The summed E-state index contributed by atoms with van der Waals surface area (Å²) >= 11 is 0. The molecule has 0 saturated heterocycles. The molecule has 60 heavy (non-hydrogen) atoms. The first kappa shape index (κ1) is 48.4. The second-order valence-electron chi connectivity index (χ2n) is 15.1. The molecule has 18 nitrogen and oxygen atoms in total. The van der Waals surface area contributed by atoms with Crippen molar-refractivity contribution in [2.45, 2.75) is 115 Å². The Kier molecular flexibility index (Phi) is 20.1. The van der Waals surface area contributed by atoms with Gasteiger partial charge in [0.1, 0.15) is 24.1 Å². The number of carbonyl (C=O) groups excluding carboxylic acids is 4. The van der Waals surface area contributed by atoms with E-state index in [4.69, 9.17) is 22.6 Å². The molecule has 1 aliphatic rings. The van der Waals surface area contributed by atoms with E-state index in [1.165, 1.54) is 23.9 Å². The van der Waals surface area contributed by atoms with Crippen LogP contribution in [0.2, 0.25) is 0 Å². The van der Waals surface area contributed by atoms with E-state index in [0.29, 0.717) is 45.1 Å². The van der Waals surface area contributed by atoms with Gasteiger partial charge in [0.15, 0.2) is 5.96 Å². The minimum atomic E-state index is -0.940. The van der Waals surface area contributed by atoms with Crippen molar-refractivity contribution in [2.24, 2.45) is 29.0 Å². The second-order valence-corrected chi connectivity index (χ2v) is 15.1. The topological polar surface area (TPSA) is 298 Å². The number of nitrogens with one attached hydrogen (secondary N) is 6. The molecule has 0 bridgehead atoms. The SMILES string of the molecule is CC[C@H](C)[C@H](N)C(=O)N[C@H](Cc1ccc(F)cc1)n1nccn1.C[C@H](N)C(=O)N[C@@H](CCCNC(=N)N)C(=O)N[C@@H](Cc1ccccc1)C(=O)NC1CCC(C(=O)O)CC1. The highest BCUT2D eigenvalue weighted by Gasteiger charge is 2.31. The van der Waals surface area contributed by atoms with E-state index in [-0.39, 0.29) is 48.4 Å². The van der Waals surface area contributed by atoms with E-state index in [0.717, 1.165) is 17.5 Å². The predicted molar refractivity (Wildman–Crippen MR) is 223 cm³/mol. The summed E-state index contributed by atoms with van der Waals surface area (Å²) in [4.78, 5) is 63.7. The lowest BCUT2D eigenvalue weighted by molar-refractivity contribution is -0.143. The Labute approximate surface area is 349 Å². The van der Waals surface area contributed by atoms with Gasteiger partial charge in [-0.25, -0.2) is 4.39 Å². The monoisotopic (exact) mass is 836 g/mol. The number of carboxylic acids is 1. The number of guanidine groups is 1. The molecule has 2 aromatic carbocycles. The zero-order valence-electron chi connectivity index (χ0n) is 34.5. The van der Waals surface area contributed by atoms with Gasteiger partial charge in [0.25, 0.3) is 0 Å². The highest BCUT2D eigenvalue weighted by Crippen LogP contribution is 2.24. The molecule has 1 aromatic heterocycles. The van der Waals surface area contributed by atoms with Gasteiger partial charge in [-0.2, -0.15) is 15.0 Å². The van der Waals surface area contributed by atoms with Crippen molar-refractivity contribution in [2.75, 3.05) is 6.54 Å². The van der Waals surface area contributed by atoms with Gasteiger partial charge in [-0.1, -0.05) is 62.7 Å². The number of carbonyl (C=O) groups is 5. The summed E-state index contributed by atoms with van der Waals surface area (Å²) < 4.78 is 13.0. The van der Waals surface area contributed by atoms with Gasteiger partial charge < -0.3 is 48.9 Å². The number of halogens is 1. The molecule has 13 N–H and O–H groups in total. The van der Waals surface area contributed by atoms with E-state index in [1.807, 2.05) is 44.2 Å². The highest BCUT2D eigenvalue weighted by atomic mass is 19.1. The molecule has 1 aliphatic carbocycles. The van der Waals surface area contributed by atoms with Crippen molar-refractivity contribution in [3.8, 4) is 0 Å². The molecule has 1 heterocycles. The number of nitrogens with two attached hydrogens (primary N) is 3. The van der Waals surface area contributed by atoms with Crippen molar-refractivity contribution >= 4 is 35.6 Å². The molecule has 4 rings (SSSR count). The average Bonchev–Trinajstić information content (AvgIpc) is 3.77. The van der Waals surface area contributed by atoms with Crippen LogP contribution in [0.3, 0.4) is 0 Å². The quantitative estimate of drug-likeness (QED) is 0.0437. The summed E-state index contributed by atoms with van der Waals surface area (Å²) in [5.41, 5.74) is 18.6. The van der Waals surface area contributed by atoms with Crippen LogP contribution < -0.4 is 43.8 Å². The Bertz CT molecular complexity index is 1810. The molecule has 19 heteroatoms. The molecule has 0 unspecified atom stereocenters. The van der Waals surface area contributed by atoms with Gasteiger partial charge in [-0.3, -0.25) is 29.4 Å². The fourth-order valence-corrected chi connectivity index (χ4v) is 6.41. The number of carboxylic acid groups (broad SMARTS) is 1. The number of hydrogen-bond acceptors (Lipinski definition) is 10. The highest BCUT2D eigenvalue weighted by molar-refractivity contribution is 5.93. The zero-order valence-corrected chi connectivity index (χ0v) is 34.5. The minimum Gasteiger partial charge on any atom is -0.481 e. The third kappa shape index (κ3) is 16.7. The van der Waals surface area contributed by atoms with Crippen molar-refractivity contribution in [3.05, 3.63) is 83.9 Å². The maximum Gasteiger partial charge on any atom is 0.306 e. The number of benzene rings is 2. The lowest BCUT2D eigenvalue weighted by Crippen LogP contribution is -2.57. The Balaban J connectivity index is 0.000000357. The lowest BCUT2D eigenvalue weighted by atomic mass is 9.86. The fourth-order valence-electron chi connectivity index (χ4n) is 6.41. The first-order valence-corrected chi connectivity index (χ1v) is 20.2. The zero-order chi connectivity index (χ0) is 44.2. The van der Waals surface area contributed by atoms with Crippen LogP contribution in [0.1, 0.15) is 83.0 Å². The Morgan fingerprint density at radius 2 is 1.43 bits per heavy atom. The summed E-state index contributed by atoms with van der Waals surface area (Å²) in [5, 5.41) is 38.5. The average molecular weight is 837 g/mol. The summed E-state index contributed by atoms with van der Waals surface area (Å²) in [7, 11) is 0. The molecule has 0 aliphatic heterocycles. The van der Waals surface area contributed by atoms with E-state index in [2.05, 4.69) is 36.8 Å². The molecule has 3 aromatic rings. The molecule has 0 radical (unpaired) electrons. The second kappa shape index (κ2) is 24.9. The number of amides is 4. The minimum absolute atomic E-state index is 0.0760. The van der Waals surface area contributed by atoms with E-state index in [9.17, 15) is 33.5 Å². The molecule has 1 saturated carbocycles. The molecular formula is C41H61FN12O6. The standard InChI is InChI=1S/C25H39N7O5.C16H22FN5O/c1-15(26)21(33)31-19(8-5-13-29-25(27)28)22(34)32-20(14-16-6-3-2-4-7-16)23(35)30-18-11-9-17(10-12-18)24(36)37;1-3-11(2)15(18)16(23)21-14(22-19-8-9-20-22)10-12-4-6-13(17)7-5-12/h2-4,6-7,15,17-20H,5,8-14,26H2,1H3,(H,30,35)(H,31,33)(H,32,34)(H,36,37)(H4,27,28,29);4-9,11,14-15H,3,10,18H2,1-2H3,(H,21,23)/t15-,17?,18?,19-,20-;11-,14-,15-/m00/s1. The summed E-state index contributed by atoms with van der Waals surface area (Å²) in [6.45, 7) is 5.76. The smallest absolute Gasteiger partial charge is 0.306 e. The van der Waals surface area contributed by atoms with Crippen molar-refractivity contribution < 1.29 is 33.5 Å². The Morgan fingerprint density at radius 3 is 2.00 bits per heavy atom. The van der Waals surface area contributed by atoms with Crippen LogP contribution in [0.4, 0.5) is 4.39 Å². The largest absolute Gasteiger partial charge is 0.481 e. The lowest BCUT2D eigenvalue weighted by Gasteiger charge is -2.29. The van der Waals surface area contributed by atoms with E-state index >= 15 is 0 Å². The number of hydrogen-bond donors (Lipinski definition) is 10. The maximum atomic E-state index is 13.3. The van der Waals surface area contributed by atoms with Crippen molar-refractivity contribution in [1.29, 1.82) is 5.41 Å². The van der Waals surface area contributed by atoms with Gasteiger partial charge in [0, 0.05) is 25.4 Å². The van der Waals surface area contributed by atoms with Crippen LogP contribution >= 0.6 is 0 Å². The van der Waals surface area contributed by atoms with Gasteiger partial charge in [-0.05, 0) is 74.6 Å². The number of rotatable bonds is 20. The first-order chi connectivity index (χ1) is 28.6. The van der Waals surface area contributed by atoms with E-state index in [1.54, 1.807) is 24.5 Å². The van der Waals surface area contributed by atoms with Gasteiger partial charge >= 0.3 is 5.97 Å². The molecule has 6 atom stereocenters. The number of aliphatic carboxylic acids is 1. The third-order valence-corrected chi connectivity index (χ3v) is 10.3. The van der Waals surface area contributed by atoms with Crippen LogP contribution in [-0.4, -0.2) is 92.4 Å². The fraction of sp³-hybridized carbons (Fsp3) is 0.512. The van der Waals surface area contributed by atoms with Gasteiger partial charge in [0.2, 0.25) is 23.6 Å². The Morgan fingerprint density at radius 1 is 0.833 bits per heavy atom. The van der Waals surface area contributed by atoms with Gasteiger partial charge in [-0.15, -0.1) is 0 Å². The first-order valence-electron chi connectivity index (χ1n) is 20.2. The van der Waals surface area contributed by atoms with Crippen LogP contribution in [0.5, 0.6) is 0 Å². The van der Waals surface area contributed by atoms with Crippen LogP contribution in [0.25, 0.3) is 0 Å². The maximum absolute atomic E-state index is 13.3. The van der Waals surface area contributed by atoms with E-state index < -0.39 is 54.0 Å². The van der Waals surface area contributed by atoms with Crippen LogP contribution in [-0.2, 0) is 36.8 Å². The molecule has 4 amide bonds. The molecular weight excluding hydrogens is 776 g/mol. The summed E-state index contributed by atoms with van der Waals surface area (Å²) in [6, 6.07) is 11.9. The normalized spacial score (nSPS) is 17.8. The van der Waals surface area contributed by atoms with Gasteiger partial charge in [0.05, 0.1) is 30.4 Å². The van der Waals surface area contributed by atoms with Crippen LogP contribution in [0.15, 0.2) is 67.0 Å². The summed E-state index contributed by atoms with van der Waals surface area (Å²) in [6.07, 6.45) is 6.83. The van der Waals surface area contributed by atoms with Crippen molar-refractivity contribution in [1.82, 2.24) is 41.6 Å². The number of nitrogens with zero attached hydrogens (tertiary/aromatic N) is 3. The summed E-state index contributed by atoms with van der Waals surface area (Å²) in [5.74, 6) is -3.29. The molecule has 1 fully saturated rings. The van der Waals surface area contributed by atoms with Crippen molar-refractivity contribution in [3.63, 3.8) is 0 Å². The molecule has 328 valence electrons. The molecule has 0 spiro atoms. The third-order valence-electron chi connectivity index (χ3n) is 10.3. The number of aromatic nitrogens is 3. The Hall–Kier alpha value is -5.95. The van der Waals surface area contributed by atoms with Crippen LogP contribution in [0, 0.1) is 23.1 Å². The predicted octanol–water partition coefficient (Wildman–Crippen LogP) is 1.22.